The van der Waals surface area contributed by atoms with Crippen LogP contribution in [-0.2, 0) is 17.8 Å². The number of piperidine rings is 1. The van der Waals surface area contributed by atoms with Crippen LogP contribution in [0.5, 0.6) is 0 Å². The molecule has 0 N–H and O–H groups in total. The molecule has 0 radical (unpaired) electrons. The Labute approximate surface area is 161 Å². The highest BCUT2D eigenvalue weighted by Gasteiger charge is 2.28. The first kappa shape index (κ1) is 19.1. The maximum atomic E-state index is 12.9. The Morgan fingerprint density at radius 1 is 1.23 bits per heavy atom. The maximum absolute atomic E-state index is 12.9. The Bertz CT molecular complexity index is 704. The summed E-state index contributed by atoms with van der Waals surface area (Å²) in [5.41, 5.74) is 2.74. The lowest BCUT2D eigenvalue weighted by atomic mass is 9.90. The normalized spacial score (nSPS) is 16.8. The third-order valence-corrected chi connectivity index (χ3v) is 6.68. The van der Waals surface area contributed by atoms with Crippen LogP contribution in [0, 0.1) is 12.8 Å². The second-order valence-corrected chi connectivity index (χ2v) is 8.58. The van der Waals surface area contributed by atoms with E-state index >= 15 is 0 Å². The van der Waals surface area contributed by atoms with Crippen molar-refractivity contribution >= 4 is 17.2 Å². The number of hydrogen-bond donors (Lipinski definition) is 0. The molecule has 1 unspecified atom stereocenters. The molecule has 1 amide bonds. The molecule has 1 aliphatic rings. The highest BCUT2D eigenvalue weighted by molar-refractivity contribution is 7.10. The van der Waals surface area contributed by atoms with Gasteiger partial charge in [-0.25, -0.2) is 0 Å². The first-order valence-corrected chi connectivity index (χ1v) is 10.5. The van der Waals surface area contributed by atoms with Gasteiger partial charge in [-0.1, -0.05) is 30.3 Å². The van der Waals surface area contributed by atoms with Gasteiger partial charge in [0.15, 0.2) is 0 Å². The third kappa shape index (κ3) is 4.74. The second kappa shape index (κ2) is 8.83. The zero-order chi connectivity index (χ0) is 18.5. The molecule has 3 rings (SSSR count). The Morgan fingerprint density at radius 3 is 2.54 bits per heavy atom. The molecular formula is C22H30N2OS. The molecule has 1 aliphatic heterocycles. The van der Waals surface area contributed by atoms with Crippen molar-refractivity contribution in [3.63, 3.8) is 0 Å². The van der Waals surface area contributed by atoms with Crippen molar-refractivity contribution in [2.75, 3.05) is 20.1 Å². The van der Waals surface area contributed by atoms with Gasteiger partial charge in [-0.05, 0) is 68.6 Å². The van der Waals surface area contributed by atoms with Gasteiger partial charge in [0.25, 0.3) is 0 Å². The topological polar surface area (TPSA) is 23.6 Å². The number of nitrogens with zero attached hydrogens (tertiary/aromatic N) is 2. The number of likely N-dealkylation sites (N-methyl/N-ethyl adjacent to an activating group) is 1. The molecule has 0 bridgehead atoms. The van der Waals surface area contributed by atoms with E-state index in [1.807, 2.05) is 6.92 Å². The predicted octanol–water partition coefficient (Wildman–Crippen LogP) is 4.36. The molecule has 26 heavy (non-hydrogen) atoms. The van der Waals surface area contributed by atoms with Gasteiger partial charge in [0.1, 0.15) is 0 Å². The molecule has 4 heteroatoms. The van der Waals surface area contributed by atoms with Gasteiger partial charge in [0.05, 0.1) is 6.04 Å². The van der Waals surface area contributed by atoms with Crippen molar-refractivity contribution in [2.24, 2.45) is 5.92 Å². The number of amides is 1. The summed E-state index contributed by atoms with van der Waals surface area (Å²) < 4.78 is 0. The minimum atomic E-state index is -0.0674. The highest BCUT2D eigenvalue weighted by Crippen LogP contribution is 2.23. The monoisotopic (exact) mass is 370 g/mol. The van der Waals surface area contributed by atoms with E-state index in [2.05, 4.69) is 65.5 Å². The van der Waals surface area contributed by atoms with Crippen molar-refractivity contribution in [3.05, 3.63) is 57.8 Å². The SMILES string of the molecule is Cc1ccsc1CN(C)C(C)C(=O)N1CCC(Cc2ccccc2)CC1. The van der Waals surface area contributed by atoms with E-state index in [9.17, 15) is 4.79 Å². The predicted molar refractivity (Wildman–Crippen MR) is 109 cm³/mol. The fourth-order valence-corrected chi connectivity index (χ4v) is 4.66. The number of thiophene rings is 1. The molecule has 1 fully saturated rings. The lowest BCUT2D eigenvalue weighted by Crippen LogP contribution is -2.48. The second-order valence-electron chi connectivity index (χ2n) is 7.58. The van der Waals surface area contributed by atoms with Crippen LogP contribution in [0.4, 0.5) is 0 Å². The summed E-state index contributed by atoms with van der Waals surface area (Å²) in [6.45, 7) is 6.82. The minimum absolute atomic E-state index is 0.0674. The van der Waals surface area contributed by atoms with Crippen LogP contribution in [-0.4, -0.2) is 41.9 Å². The van der Waals surface area contributed by atoms with Crippen LogP contribution in [0.3, 0.4) is 0 Å². The van der Waals surface area contributed by atoms with Gasteiger partial charge in [0.2, 0.25) is 5.91 Å². The average Bonchev–Trinajstić information content (AvgIpc) is 3.06. The summed E-state index contributed by atoms with van der Waals surface area (Å²) in [5, 5.41) is 2.13. The van der Waals surface area contributed by atoms with Gasteiger partial charge in [-0.2, -0.15) is 0 Å². The van der Waals surface area contributed by atoms with Crippen molar-refractivity contribution in [1.29, 1.82) is 0 Å². The molecule has 3 nitrogen and oxygen atoms in total. The Balaban J connectivity index is 1.48. The smallest absolute Gasteiger partial charge is 0.239 e. The molecule has 2 heterocycles. The molecular weight excluding hydrogens is 340 g/mol. The third-order valence-electron chi connectivity index (χ3n) is 5.67. The number of carbonyl (C=O) groups excluding carboxylic acids is 1. The fraction of sp³-hybridized carbons (Fsp3) is 0.500. The molecule has 1 saturated heterocycles. The summed E-state index contributed by atoms with van der Waals surface area (Å²) in [4.78, 5) is 18.5. The van der Waals surface area contributed by atoms with E-state index < -0.39 is 0 Å². The molecule has 0 saturated carbocycles. The standard InChI is InChI=1S/C22H30N2OS/c1-17-11-14-26-21(17)16-23(3)18(2)22(25)24-12-9-20(10-13-24)15-19-7-5-4-6-8-19/h4-8,11,14,18,20H,9-10,12-13,15-16H2,1-3H3. The summed E-state index contributed by atoms with van der Waals surface area (Å²) >= 11 is 1.78. The Kier molecular flexibility index (Phi) is 6.49. The van der Waals surface area contributed by atoms with Crippen LogP contribution < -0.4 is 0 Å². The van der Waals surface area contributed by atoms with Gasteiger partial charge in [-0.3, -0.25) is 9.69 Å². The number of rotatable bonds is 6. The fourth-order valence-electron chi connectivity index (χ4n) is 3.69. The van der Waals surface area contributed by atoms with Crippen molar-refractivity contribution < 1.29 is 4.79 Å². The van der Waals surface area contributed by atoms with Gasteiger partial charge >= 0.3 is 0 Å². The van der Waals surface area contributed by atoms with E-state index in [1.165, 1.54) is 16.0 Å². The van der Waals surface area contributed by atoms with Gasteiger partial charge in [-0.15, -0.1) is 11.3 Å². The first-order valence-electron chi connectivity index (χ1n) is 9.60. The van der Waals surface area contributed by atoms with Crippen molar-refractivity contribution in [2.45, 2.75) is 45.7 Å². The molecule has 2 aromatic rings. The number of benzene rings is 1. The van der Waals surface area contributed by atoms with Gasteiger partial charge < -0.3 is 4.90 Å². The summed E-state index contributed by atoms with van der Waals surface area (Å²) in [6.07, 6.45) is 3.36. The zero-order valence-corrected chi connectivity index (χ0v) is 17.0. The van der Waals surface area contributed by atoms with Crippen LogP contribution >= 0.6 is 11.3 Å². The number of hydrogen-bond acceptors (Lipinski definition) is 3. The molecule has 0 aliphatic carbocycles. The number of carbonyl (C=O) groups is 1. The minimum Gasteiger partial charge on any atom is -0.341 e. The average molecular weight is 371 g/mol. The summed E-state index contributed by atoms with van der Waals surface area (Å²) in [5.74, 6) is 0.975. The van der Waals surface area contributed by atoms with E-state index in [4.69, 9.17) is 0 Å². The van der Waals surface area contributed by atoms with Crippen LogP contribution in [0.15, 0.2) is 41.8 Å². The summed E-state index contributed by atoms with van der Waals surface area (Å²) in [7, 11) is 2.06. The zero-order valence-electron chi connectivity index (χ0n) is 16.1. The quantitative estimate of drug-likeness (QED) is 0.754. The van der Waals surface area contributed by atoms with E-state index in [1.54, 1.807) is 11.3 Å². The molecule has 140 valence electrons. The van der Waals surface area contributed by atoms with Gasteiger partial charge in [0, 0.05) is 24.5 Å². The van der Waals surface area contributed by atoms with E-state index in [0.717, 1.165) is 38.9 Å². The van der Waals surface area contributed by atoms with Crippen LogP contribution in [0.1, 0.15) is 35.8 Å². The van der Waals surface area contributed by atoms with Crippen LogP contribution in [0.25, 0.3) is 0 Å². The molecule has 0 spiro atoms. The Morgan fingerprint density at radius 2 is 1.92 bits per heavy atom. The van der Waals surface area contributed by atoms with Crippen molar-refractivity contribution in [1.82, 2.24) is 9.80 Å². The lowest BCUT2D eigenvalue weighted by Gasteiger charge is -2.35. The van der Waals surface area contributed by atoms with Crippen molar-refractivity contribution in [3.8, 4) is 0 Å². The van der Waals surface area contributed by atoms with Crippen LogP contribution in [0.2, 0.25) is 0 Å². The first-order chi connectivity index (χ1) is 12.5. The van der Waals surface area contributed by atoms with E-state index in [0.29, 0.717) is 5.92 Å². The molecule has 1 aromatic heterocycles. The largest absolute Gasteiger partial charge is 0.341 e. The van der Waals surface area contributed by atoms with E-state index in [-0.39, 0.29) is 11.9 Å². The summed E-state index contributed by atoms with van der Waals surface area (Å²) in [6, 6.07) is 12.8. The molecule has 1 atom stereocenters. The maximum Gasteiger partial charge on any atom is 0.239 e. The number of likely N-dealkylation sites (tertiary alicyclic amines) is 1. The molecule has 1 aromatic carbocycles. The highest BCUT2D eigenvalue weighted by atomic mass is 32.1. The number of aryl methyl sites for hydroxylation is 1. The Hall–Kier alpha value is -1.65. The lowest BCUT2D eigenvalue weighted by molar-refractivity contribution is -0.137.